The van der Waals surface area contributed by atoms with Gasteiger partial charge in [0.15, 0.2) is 0 Å². The van der Waals surface area contributed by atoms with Gasteiger partial charge in [0.2, 0.25) is 0 Å². The molecule has 0 fully saturated rings. The van der Waals surface area contributed by atoms with E-state index in [1.807, 2.05) is 20.8 Å². The van der Waals surface area contributed by atoms with E-state index in [9.17, 15) is 4.57 Å². The van der Waals surface area contributed by atoms with Gasteiger partial charge in [0.25, 0.3) is 0 Å². The zero-order chi connectivity index (χ0) is 13.5. The van der Waals surface area contributed by atoms with Crippen LogP contribution in [0.3, 0.4) is 0 Å². The van der Waals surface area contributed by atoms with Crippen LogP contribution < -0.4 is 0 Å². The van der Waals surface area contributed by atoms with Gasteiger partial charge in [-0.1, -0.05) is 20.8 Å². The number of hydrogen-bond acceptors (Lipinski definition) is 7. The molecule has 0 N–H and O–H groups in total. The van der Waals surface area contributed by atoms with Gasteiger partial charge in [-0.25, -0.2) is 0 Å². The summed E-state index contributed by atoms with van der Waals surface area (Å²) < 4.78 is 18.3. The molecule has 0 saturated carbocycles. The van der Waals surface area contributed by atoms with Crippen LogP contribution in [0.15, 0.2) is 0 Å². The van der Waals surface area contributed by atoms with Crippen molar-refractivity contribution in [2.24, 2.45) is 0 Å². The lowest BCUT2D eigenvalue weighted by Gasteiger charge is -2.24. The Morgan fingerprint density at radius 3 is 1.71 bits per heavy atom. The predicted octanol–water partition coefficient (Wildman–Crippen LogP) is 5.58. The van der Waals surface area contributed by atoms with E-state index >= 15 is 0 Å². The highest BCUT2D eigenvalue weighted by atomic mass is 33.1. The zero-order valence-corrected chi connectivity index (χ0v) is 15.5. The van der Waals surface area contributed by atoms with Gasteiger partial charge in [-0.15, -0.1) is 12.6 Å². The van der Waals surface area contributed by atoms with Gasteiger partial charge < -0.3 is 0 Å². The van der Waals surface area contributed by atoms with Crippen LogP contribution in [0, 0.1) is 0 Å². The van der Waals surface area contributed by atoms with E-state index in [0.717, 1.165) is 19.3 Å². The largest absolute Gasteiger partial charge is 0.316 e. The molecule has 2 nitrogen and oxygen atoms in total. The molecule has 0 aromatic carbocycles. The van der Waals surface area contributed by atoms with Crippen LogP contribution in [0.5, 0.6) is 0 Å². The molecule has 3 atom stereocenters. The summed E-state index contributed by atoms with van der Waals surface area (Å²) in [5, 5.41) is 0. The maximum absolute atomic E-state index is 12.7. The van der Waals surface area contributed by atoms with E-state index in [2.05, 4.69) is 37.9 Å². The predicted molar refractivity (Wildman–Crippen MR) is 93.1 cm³/mol. The highest BCUT2D eigenvalue weighted by Gasteiger charge is 2.32. The van der Waals surface area contributed by atoms with Gasteiger partial charge in [0.1, 0.15) is 5.44 Å². The fraction of sp³-hybridized carbons (Fsp3) is 1.00. The van der Waals surface area contributed by atoms with Crippen molar-refractivity contribution in [3.8, 4) is 0 Å². The molecule has 17 heavy (non-hydrogen) atoms. The molecular weight excluding hydrogens is 331 g/mol. The molecule has 0 saturated heterocycles. The average Bonchev–Trinajstić information content (AvgIpc) is 2.27. The number of thiol groups is 3. The zero-order valence-electron chi connectivity index (χ0n) is 10.3. The Morgan fingerprint density at radius 2 is 1.41 bits per heavy atom. The smallest absolute Gasteiger partial charge is 0.299 e. The molecule has 0 bridgehead atoms. The summed E-state index contributed by atoms with van der Waals surface area (Å²) in [6.07, 6.45) is 2.41. The minimum absolute atomic E-state index is 0.0168. The summed E-state index contributed by atoms with van der Waals surface area (Å²) in [7, 11) is 0. The summed E-state index contributed by atoms with van der Waals surface area (Å²) in [5.41, 5.74) is -0.296. The lowest BCUT2D eigenvalue weighted by Crippen LogP contribution is -2.02. The summed E-state index contributed by atoms with van der Waals surface area (Å²) in [6.45, 7) is 5.97. The lowest BCUT2D eigenvalue weighted by molar-refractivity contribution is 0.304. The van der Waals surface area contributed by atoms with Gasteiger partial charge in [-0.05, 0) is 42.0 Å². The first kappa shape index (κ1) is 18.9. The Morgan fingerprint density at radius 1 is 1.00 bits per heavy atom. The van der Waals surface area contributed by atoms with Gasteiger partial charge in [0.05, 0.1) is 9.16 Å². The minimum Gasteiger partial charge on any atom is -0.299 e. The molecular formula is C9H21O2PS5. The molecule has 0 aromatic rings. The third-order valence-electron chi connectivity index (χ3n) is 1.80. The van der Waals surface area contributed by atoms with Crippen LogP contribution in [0.25, 0.3) is 0 Å². The molecule has 0 radical (unpaired) electrons. The first-order valence-electron chi connectivity index (χ1n) is 5.56. The van der Waals surface area contributed by atoms with Crippen LogP contribution in [-0.2, 0) is 9.09 Å². The summed E-state index contributed by atoms with van der Waals surface area (Å²) in [4.78, 5) is 0. The number of rotatable bonds is 9. The van der Waals surface area contributed by atoms with Crippen LogP contribution in [-0.4, -0.2) is 14.6 Å². The van der Waals surface area contributed by atoms with E-state index in [4.69, 9.17) is 4.52 Å². The molecule has 0 rings (SSSR count). The van der Waals surface area contributed by atoms with Crippen molar-refractivity contribution in [2.45, 2.75) is 54.6 Å². The molecule has 0 amide bonds. The number of hydrogen-bond donors (Lipinski definition) is 3. The molecule has 8 heteroatoms. The average molecular weight is 353 g/mol. The third kappa shape index (κ3) is 8.66. The molecule has 0 heterocycles. The molecule has 0 spiro atoms. The third-order valence-corrected chi connectivity index (χ3v) is 12.1. The summed E-state index contributed by atoms with van der Waals surface area (Å²) >= 11 is 15.6. The highest BCUT2D eigenvalue weighted by Crippen LogP contribution is 2.74. The van der Waals surface area contributed by atoms with E-state index in [0.29, 0.717) is 0 Å². The van der Waals surface area contributed by atoms with Crippen LogP contribution in [0.4, 0.5) is 0 Å². The van der Waals surface area contributed by atoms with Gasteiger partial charge >= 0.3 is 5.77 Å². The van der Waals surface area contributed by atoms with Crippen molar-refractivity contribution in [3.63, 3.8) is 0 Å². The quantitative estimate of drug-likeness (QED) is 0.287. The Bertz CT molecular complexity index is 216. The minimum atomic E-state index is -2.83. The Labute approximate surface area is 129 Å². The first-order valence-corrected chi connectivity index (χ1v) is 11.7. The van der Waals surface area contributed by atoms with Crippen molar-refractivity contribution < 1.29 is 9.09 Å². The van der Waals surface area contributed by atoms with Crippen LogP contribution >= 0.6 is 66.4 Å². The molecule has 0 aliphatic heterocycles. The van der Waals surface area contributed by atoms with Crippen molar-refractivity contribution in [2.75, 3.05) is 0 Å². The fourth-order valence-corrected chi connectivity index (χ4v) is 12.5. The van der Waals surface area contributed by atoms with Gasteiger partial charge in [-0.3, -0.25) is 9.09 Å². The maximum Gasteiger partial charge on any atom is 0.316 e. The first-order chi connectivity index (χ1) is 7.86. The second kappa shape index (κ2) is 9.78. The second-order valence-corrected chi connectivity index (χ2v) is 13.4. The normalized spacial score (nSPS) is 17.8. The van der Waals surface area contributed by atoms with E-state index in [1.54, 1.807) is 0 Å². The lowest BCUT2D eigenvalue weighted by atomic mass is 10.5. The van der Waals surface area contributed by atoms with Gasteiger partial charge in [0, 0.05) is 0 Å². The Balaban J connectivity index is 4.62. The monoisotopic (exact) mass is 352 g/mol. The van der Waals surface area contributed by atoms with Crippen LogP contribution in [0.2, 0.25) is 0 Å². The molecule has 0 aliphatic carbocycles. The summed E-state index contributed by atoms with van der Waals surface area (Å²) in [5.74, 6) is -2.83. The molecule has 0 aliphatic rings. The maximum atomic E-state index is 12.7. The van der Waals surface area contributed by atoms with E-state index in [-0.39, 0.29) is 14.6 Å². The van der Waals surface area contributed by atoms with Crippen molar-refractivity contribution in [1.82, 2.24) is 0 Å². The standard InChI is InChI=1S/C9H21O2PS5/c1-4-7(13)11-12(10,16-8(14)5-2)17-9(15)6-3/h7-9,13-15H,4-6H2,1-3H3/t7-,8-,9-/m0/s1. The van der Waals surface area contributed by atoms with Crippen molar-refractivity contribution in [1.29, 1.82) is 0 Å². The van der Waals surface area contributed by atoms with Crippen LogP contribution in [0.1, 0.15) is 40.0 Å². The van der Waals surface area contributed by atoms with Crippen molar-refractivity contribution >= 4 is 66.4 Å². The van der Waals surface area contributed by atoms with Gasteiger partial charge in [-0.2, -0.15) is 25.3 Å². The van der Waals surface area contributed by atoms with E-state index in [1.165, 1.54) is 22.8 Å². The highest BCUT2D eigenvalue weighted by molar-refractivity contribution is 8.90. The van der Waals surface area contributed by atoms with E-state index < -0.39 is 5.77 Å². The Kier molecular flexibility index (Phi) is 10.9. The molecule has 104 valence electrons. The molecule has 0 aromatic heterocycles. The summed E-state index contributed by atoms with van der Waals surface area (Å²) in [6, 6.07) is 0. The topological polar surface area (TPSA) is 26.3 Å². The Hall–Kier alpha value is 1.94. The van der Waals surface area contributed by atoms with Crippen molar-refractivity contribution in [3.05, 3.63) is 0 Å². The second-order valence-electron chi connectivity index (χ2n) is 3.35. The molecule has 0 unspecified atom stereocenters. The SMILES string of the molecule is CC[C@@H](S)SP(=O)(O[C@@H](S)CC)S[C@H](S)CC. The fourth-order valence-electron chi connectivity index (χ4n) is 0.745.